The molecule has 1 saturated heterocycles. The highest BCUT2D eigenvalue weighted by Gasteiger charge is 2.30. The van der Waals surface area contributed by atoms with Crippen molar-refractivity contribution in [2.75, 3.05) is 6.54 Å². The van der Waals surface area contributed by atoms with Crippen LogP contribution in [-0.4, -0.2) is 24.8 Å². The fraction of sp³-hybridized carbons (Fsp3) is 0.500. The quantitative estimate of drug-likeness (QED) is 0.627. The first-order chi connectivity index (χ1) is 8.09. The van der Waals surface area contributed by atoms with Crippen molar-refractivity contribution in [2.24, 2.45) is 0 Å². The summed E-state index contributed by atoms with van der Waals surface area (Å²) in [5, 5.41) is 0. The van der Waals surface area contributed by atoms with Crippen molar-refractivity contribution in [3.63, 3.8) is 0 Å². The van der Waals surface area contributed by atoms with Crippen LogP contribution < -0.4 is 0 Å². The van der Waals surface area contributed by atoms with Gasteiger partial charge in [0.25, 0.3) is 0 Å². The van der Waals surface area contributed by atoms with Crippen molar-refractivity contribution in [1.82, 2.24) is 4.31 Å². The van der Waals surface area contributed by atoms with Gasteiger partial charge in [-0.2, -0.15) is 4.31 Å². The third kappa shape index (κ3) is 3.21. The van der Waals surface area contributed by atoms with Crippen LogP contribution in [0.4, 0.5) is 0 Å². The second-order valence-electron chi connectivity index (χ2n) is 4.28. The monoisotopic (exact) mass is 273 g/mol. The third-order valence-corrected chi connectivity index (χ3v) is 5.35. The summed E-state index contributed by atoms with van der Waals surface area (Å²) in [5.74, 6) is 0.0388. The Morgan fingerprint density at radius 2 is 1.94 bits per heavy atom. The van der Waals surface area contributed by atoms with E-state index in [1.165, 1.54) is 4.31 Å². The molecule has 5 heteroatoms. The fourth-order valence-corrected chi connectivity index (χ4v) is 4.30. The van der Waals surface area contributed by atoms with Crippen LogP contribution in [0.5, 0.6) is 0 Å². The van der Waals surface area contributed by atoms with E-state index in [-0.39, 0.29) is 11.3 Å². The molecule has 0 saturated carbocycles. The number of nitrogens with zero attached hydrogens (tertiary/aromatic N) is 1. The molecule has 1 atom stereocenters. The first kappa shape index (κ1) is 12.9. The van der Waals surface area contributed by atoms with Crippen molar-refractivity contribution in [3.8, 4) is 0 Å². The zero-order valence-corrected chi connectivity index (χ0v) is 11.1. The molecule has 1 heterocycles. The number of halogens is 1. The molecule has 17 heavy (non-hydrogen) atoms. The molecule has 94 valence electrons. The van der Waals surface area contributed by atoms with Gasteiger partial charge < -0.3 is 0 Å². The number of sulfonamides is 1. The smallest absolute Gasteiger partial charge is 0.212 e. The molecular formula is C12H16ClNO2S. The van der Waals surface area contributed by atoms with Crippen LogP contribution in [0.25, 0.3) is 0 Å². The number of rotatable bonds is 3. The lowest BCUT2D eigenvalue weighted by atomic mass is 10.2. The van der Waals surface area contributed by atoms with E-state index < -0.39 is 10.0 Å². The Hall–Kier alpha value is -0.580. The molecule has 0 spiro atoms. The Balaban J connectivity index is 2.13. The van der Waals surface area contributed by atoms with Gasteiger partial charge in [0.2, 0.25) is 10.0 Å². The summed E-state index contributed by atoms with van der Waals surface area (Å²) in [6.07, 6.45) is 2.65. The van der Waals surface area contributed by atoms with Crippen LogP contribution in [0.15, 0.2) is 30.3 Å². The SMILES string of the molecule is O=S(=O)(Cc1ccccc1)N1CCCCC1Cl. The molecule has 1 aliphatic rings. The molecular weight excluding hydrogens is 258 g/mol. The van der Waals surface area contributed by atoms with E-state index in [0.717, 1.165) is 24.8 Å². The fourth-order valence-electron chi connectivity index (χ4n) is 2.05. The maximum Gasteiger partial charge on any atom is 0.219 e. The van der Waals surface area contributed by atoms with Gasteiger partial charge in [0, 0.05) is 6.54 Å². The first-order valence-corrected chi connectivity index (χ1v) is 7.82. The first-order valence-electron chi connectivity index (χ1n) is 5.77. The van der Waals surface area contributed by atoms with Crippen molar-refractivity contribution >= 4 is 21.6 Å². The summed E-state index contributed by atoms with van der Waals surface area (Å²) >= 11 is 6.08. The van der Waals surface area contributed by atoms with Crippen LogP contribution in [-0.2, 0) is 15.8 Å². The predicted octanol–water partition coefficient (Wildman–Crippen LogP) is 2.57. The normalized spacial score (nSPS) is 22.5. The number of benzene rings is 1. The van der Waals surface area contributed by atoms with Gasteiger partial charge in [-0.3, -0.25) is 0 Å². The highest BCUT2D eigenvalue weighted by Crippen LogP contribution is 2.24. The molecule has 1 unspecified atom stereocenters. The van der Waals surface area contributed by atoms with Gasteiger partial charge in [0.05, 0.1) is 11.3 Å². The zero-order chi connectivity index (χ0) is 12.3. The van der Waals surface area contributed by atoms with Crippen LogP contribution >= 0.6 is 11.6 Å². The Kier molecular flexibility index (Phi) is 4.07. The number of hydrogen-bond donors (Lipinski definition) is 0. The standard InChI is InChI=1S/C12H16ClNO2S/c13-12-8-4-5-9-14(12)17(15,16)10-11-6-2-1-3-7-11/h1-3,6-7,12H,4-5,8-10H2. The third-order valence-electron chi connectivity index (χ3n) is 2.93. The minimum Gasteiger partial charge on any atom is -0.212 e. The molecule has 1 aliphatic heterocycles. The average molecular weight is 274 g/mol. The number of piperidine rings is 1. The largest absolute Gasteiger partial charge is 0.219 e. The van der Waals surface area contributed by atoms with Gasteiger partial charge in [0.15, 0.2) is 0 Å². The van der Waals surface area contributed by atoms with E-state index in [1.807, 2.05) is 30.3 Å². The topological polar surface area (TPSA) is 37.4 Å². The number of hydrogen-bond acceptors (Lipinski definition) is 2. The lowest BCUT2D eigenvalue weighted by molar-refractivity contribution is 0.316. The molecule has 0 aliphatic carbocycles. The molecule has 0 N–H and O–H groups in total. The van der Waals surface area contributed by atoms with E-state index in [2.05, 4.69) is 0 Å². The summed E-state index contributed by atoms with van der Waals surface area (Å²) in [7, 11) is -3.28. The van der Waals surface area contributed by atoms with Crippen molar-refractivity contribution in [3.05, 3.63) is 35.9 Å². The number of alkyl halides is 1. The summed E-state index contributed by atoms with van der Waals surface area (Å²) in [6.45, 7) is 0.545. The molecule has 0 radical (unpaired) electrons. The molecule has 0 aromatic heterocycles. The second-order valence-corrected chi connectivity index (χ2v) is 6.71. The molecule has 2 rings (SSSR count). The van der Waals surface area contributed by atoms with Crippen molar-refractivity contribution in [2.45, 2.75) is 30.5 Å². The van der Waals surface area contributed by atoms with Crippen LogP contribution in [0, 0.1) is 0 Å². The molecule has 1 fully saturated rings. The molecule has 0 bridgehead atoms. The Morgan fingerprint density at radius 3 is 2.59 bits per heavy atom. The summed E-state index contributed by atoms with van der Waals surface area (Å²) in [6, 6.07) is 9.22. The summed E-state index contributed by atoms with van der Waals surface area (Å²) < 4.78 is 25.8. The van der Waals surface area contributed by atoms with E-state index >= 15 is 0 Å². The minimum absolute atomic E-state index is 0.0388. The van der Waals surface area contributed by atoms with E-state index in [4.69, 9.17) is 11.6 Å². The van der Waals surface area contributed by atoms with E-state index in [9.17, 15) is 8.42 Å². The Morgan fingerprint density at radius 1 is 1.24 bits per heavy atom. The van der Waals surface area contributed by atoms with E-state index in [0.29, 0.717) is 6.54 Å². The molecule has 0 amide bonds. The predicted molar refractivity (Wildman–Crippen MR) is 69.3 cm³/mol. The van der Waals surface area contributed by atoms with Gasteiger partial charge in [-0.25, -0.2) is 8.42 Å². The van der Waals surface area contributed by atoms with Crippen LogP contribution in [0.1, 0.15) is 24.8 Å². The minimum atomic E-state index is -3.28. The van der Waals surface area contributed by atoms with Gasteiger partial charge in [-0.1, -0.05) is 30.3 Å². The average Bonchev–Trinajstić information content (AvgIpc) is 2.30. The van der Waals surface area contributed by atoms with Crippen molar-refractivity contribution < 1.29 is 8.42 Å². The summed E-state index contributed by atoms with van der Waals surface area (Å²) in [5.41, 5.74) is 0.430. The maximum absolute atomic E-state index is 12.2. The molecule has 3 nitrogen and oxygen atoms in total. The Bertz CT molecular complexity index is 461. The van der Waals surface area contributed by atoms with Crippen molar-refractivity contribution in [1.29, 1.82) is 0 Å². The highest BCUT2D eigenvalue weighted by molar-refractivity contribution is 7.88. The Labute approximate surface area is 107 Å². The lowest BCUT2D eigenvalue weighted by Crippen LogP contribution is -2.41. The summed E-state index contributed by atoms with van der Waals surface area (Å²) in [4.78, 5) is 0. The van der Waals surface area contributed by atoms with E-state index in [1.54, 1.807) is 0 Å². The molecule has 1 aromatic rings. The maximum atomic E-state index is 12.2. The second kappa shape index (κ2) is 5.38. The molecule has 1 aromatic carbocycles. The van der Waals surface area contributed by atoms with Crippen LogP contribution in [0.2, 0.25) is 0 Å². The highest BCUT2D eigenvalue weighted by atomic mass is 35.5. The van der Waals surface area contributed by atoms with Gasteiger partial charge >= 0.3 is 0 Å². The van der Waals surface area contributed by atoms with Gasteiger partial charge in [-0.05, 0) is 24.8 Å². The van der Waals surface area contributed by atoms with Crippen LogP contribution in [0.3, 0.4) is 0 Å². The van der Waals surface area contributed by atoms with Gasteiger partial charge in [0.1, 0.15) is 0 Å². The lowest BCUT2D eigenvalue weighted by Gasteiger charge is -2.30. The zero-order valence-electron chi connectivity index (χ0n) is 9.55. The van der Waals surface area contributed by atoms with Gasteiger partial charge in [-0.15, -0.1) is 11.6 Å².